The number of hydrogen-bond donors (Lipinski definition) is 2. The number of carbonyl (C=O) groups excluding carboxylic acids is 1. The van der Waals surface area contributed by atoms with E-state index in [0.29, 0.717) is 12.5 Å². The highest BCUT2D eigenvalue weighted by Crippen LogP contribution is 2.41. The van der Waals surface area contributed by atoms with Gasteiger partial charge in [0.2, 0.25) is 5.91 Å². The topological polar surface area (TPSA) is 98.5 Å². The Morgan fingerprint density at radius 3 is 2.22 bits per heavy atom. The number of sulfone groups is 1. The lowest BCUT2D eigenvalue weighted by Crippen LogP contribution is -2.45. The van der Waals surface area contributed by atoms with Crippen LogP contribution in [0.5, 0.6) is 5.75 Å². The molecule has 0 aromatic heterocycles. The molecule has 32 heavy (non-hydrogen) atoms. The van der Waals surface area contributed by atoms with Crippen LogP contribution in [0.3, 0.4) is 0 Å². The van der Waals surface area contributed by atoms with Crippen molar-refractivity contribution in [3.63, 3.8) is 0 Å². The highest BCUT2D eigenvalue weighted by Gasteiger charge is 2.40. The van der Waals surface area contributed by atoms with Gasteiger partial charge in [-0.1, -0.05) is 30.3 Å². The highest BCUT2D eigenvalue weighted by atomic mass is 35.5. The van der Waals surface area contributed by atoms with Crippen LogP contribution in [-0.4, -0.2) is 40.8 Å². The molecule has 2 aromatic carbocycles. The normalized spacial score (nSPS) is 20.9. The van der Waals surface area contributed by atoms with Crippen molar-refractivity contribution in [1.82, 2.24) is 5.32 Å². The summed E-state index contributed by atoms with van der Waals surface area (Å²) in [5.41, 5.74) is 9.01. The molecule has 1 aliphatic carbocycles. The average Bonchev–Trinajstić information content (AvgIpc) is 2.73. The molecule has 2 aromatic rings. The SMILES string of the molecule is CNC1CCC(Cc2cc(-c3ccc(CS(C)(=O)=O)cc3)ccc2OC)(C(N)=O)CC1.Cl. The number of halogens is 1. The molecule has 0 radical (unpaired) electrons. The maximum atomic E-state index is 12.5. The molecule has 6 nitrogen and oxygen atoms in total. The maximum Gasteiger partial charge on any atom is 0.223 e. The van der Waals surface area contributed by atoms with Gasteiger partial charge < -0.3 is 15.8 Å². The molecule has 0 unspecified atom stereocenters. The van der Waals surface area contributed by atoms with E-state index < -0.39 is 15.3 Å². The summed E-state index contributed by atoms with van der Waals surface area (Å²) >= 11 is 0. The fraction of sp³-hybridized carbons (Fsp3) is 0.458. The Labute approximate surface area is 197 Å². The van der Waals surface area contributed by atoms with Crippen LogP contribution in [0, 0.1) is 5.41 Å². The molecule has 1 amide bonds. The maximum absolute atomic E-state index is 12.5. The number of nitrogens with two attached hydrogens (primary N) is 1. The second-order valence-corrected chi connectivity index (χ2v) is 10.8. The van der Waals surface area contributed by atoms with Gasteiger partial charge in [0.25, 0.3) is 0 Å². The van der Waals surface area contributed by atoms with Crippen molar-refractivity contribution >= 4 is 28.2 Å². The van der Waals surface area contributed by atoms with Crippen LogP contribution in [0.1, 0.15) is 36.8 Å². The summed E-state index contributed by atoms with van der Waals surface area (Å²) in [7, 11) is 0.514. The number of carbonyl (C=O) groups is 1. The quantitative estimate of drug-likeness (QED) is 0.602. The number of ether oxygens (including phenoxy) is 1. The Morgan fingerprint density at radius 2 is 1.72 bits per heavy atom. The number of benzene rings is 2. The van der Waals surface area contributed by atoms with Crippen LogP contribution in [0.15, 0.2) is 42.5 Å². The number of hydrogen-bond acceptors (Lipinski definition) is 5. The zero-order chi connectivity index (χ0) is 22.6. The Balaban J connectivity index is 0.00000363. The molecule has 0 aliphatic heterocycles. The van der Waals surface area contributed by atoms with Crippen molar-refractivity contribution in [2.75, 3.05) is 20.4 Å². The van der Waals surface area contributed by atoms with Crippen LogP contribution in [0.25, 0.3) is 11.1 Å². The van der Waals surface area contributed by atoms with E-state index in [-0.39, 0.29) is 24.1 Å². The minimum absolute atomic E-state index is 0. The lowest BCUT2D eigenvalue weighted by atomic mass is 9.68. The predicted octanol–water partition coefficient (Wildman–Crippen LogP) is 3.50. The lowest BCUT2D eigenvalue weighted by Gasteiger charge is -2.38. The summed E-state index contributed by atoms with van der Waals surface area (Å²) in [5.74, 6) is 0.518. The summed E-state index contributed by atoms with van der Waals surface area (Å²) in [5, 5.41) is 3.30. The van der Waals surface area contributed by atoms with Crippen molar-refractivity contribution in [3.05, 3.63) is 53.6 Å². The van der Waals surface area contributed by atoms with Crippen LogP contribution < -0.4 is 15.8 Å². The molecule has 1 saturated carbocycles. The van der Waals surface area contributed by atoms with Crippen molar-refractivity contribution < 1.29 is 17.9 Å². The predicted molar refractivity (Wildman–Crippen MR) is 131 cm³/mol. The molecule has 3 N–H and O–H groups in total. The summed E-state index contributed by atoms with van der Waals surface area (Å²) in [6.07, 6.45) is 5.12. The molecule has 0 heterocycles. The van der Waals surface area contributed by atoms with Gasteiger partial charge in [-0.15, -0.1) is 12.4 Å². The minimum Gasteiger partial charge on any atom is -0.496 e. The van der Waals surface area contributed by atoms with E-state index in [2.05, 4.69) is 11.4 Å². The Morgan fingerprint density at radius 1 is 1.12 bits per heavy atom. The molecule has 3 rings (SSSR count). The zero-order valence-corrected chi connectivity index (χ0v) is 20.5. The van der Waals surface area contributed by atoms with Crippen molar-refractivity contribution in [1.29, 1.82) is 0 Å². The molecule has 1 aliphatic rings. The van der Waals surface area contributed by atoms with Gasteiger partial charge >= 0.3 is 0 Å². The van der Waals surface area contributed by atoms with Gasteiger partial charge in [0, 0.05) is 12.3 Å². The smallest absolute Gasteiger partial charge is 0.223 e. The fourth-order valence-electron chi connectivity index (χ4n) is 4.53. The van der Waals surface area contributed by atoms with Gasteiger partial charge in [-0.3, -0.25) is 4.79 Å². The second kappa shape index (κ2) is 10.7. The van der Waals surface area contributed by atoms with Crippen LogP contribution in [0.4, 0.5) is 0 Å². The summed E-state index contributed by atoms with van der Waals surface area (Å²) < 4.78 is 28.6. The third kappa shape index (κ3) is 6.24. The van der Waals surface area contributed by atoms with Gasteiger partial charge in [-0.05, 0) is 73.5 Å². The number of methoxy groups -OCH3 is 1. The molecule has 0 saturated heterocycles. The summed E-state index contributed by atoms with van der Waals surface area (Å²) in [4.78, 5) is 12.5. The molecule has 176 valence electrons. The molecular formula is C24H33ClN2O4S. The summed E-state index contributed by atoms with van der Waals surface area (Å²) in [6, 6.07) is 13.9. The van der Waals surface area contributed by atoms with E-state index in [1.165, 1.54) is 6.26 Å². The molecule has 0 atom stereocenters. The first-order chi connectivity index (χ1) is 14.7. The highest BCUT2D eigenvalue weighted by molar-refractivity contribution is 7.89. The Kier molecular flexibility index (Phi) is 8.74. The van der Waals surface area contributed by atoms with Gasteiger partial charge in [0.05, 0.1) is 18.3 Å². The molecule has 0 spiro atoms. The van der Waals surface area contributed by atoms with Gasteiger partial charge in [0.15, 0.2) is 9.84 Å². The van der Waals surface area contributed by atoms with Gasteiger partial charge in [0.1, 0.15) is 5.75 Å². The third-order valence-electron chi connectivity index (χ3n) is 6.40. The monoisotopic (exact) mass is 480 g/mol. The second-order valence-electron chi connectivity index (χ2n) is 8.68. The van der Waals surface area contributed by atoms with E-state index in [0.717, 1.165) is 53.7 Å². The Bertz CT molecular complexity index is 1030. The van der Waals surface area contributed by atoms with E-state index in [4.69, 9.17) is 10.5 Å². The van der Waals surface area contributed by atoms with E-state index in [1.807, 2.05) is 43.4 Å². The number of rotatable bonds is 8. The molecule has 8 heteroatoms. The number of primary amides is 1. The largest absolute Gasteiger partial charge is 0.496 e. The van der Waals surface area contributed by atoms with E-state index in [1.54, 1.807) is 7.11 Å². The number of amides is 1. The van der Waals surface area contributed by atoms with Crippen molar-refractivity contribution in [2.45, 2.75) is 43.9 Å². The average molecular weight is 481 g/mol. The molecule has 0 bridgehead atoms. The number of nitrogens with one attached hydrogen (secondary N) is 1. The summed E-state index contributed by atoms with van der Waals surface area (Å²) in [6.45, 7) is 0. The first kappa shape index (κ1) is 26.2. The third-order valence-corrected chi connectivity index (χ3v) is 7.26. The Hall–Kier alpha value is -2.09. The standard InChI is InChI=1S/C24H32N2O4S.ClH/c1-26-21-10-12-24(13-11-21,23(25)27)15-20-14-19(8-9-22(20)30-2)18-6-4-17(5-7-18)16-31(3,28)29;/h4-9,14,21,26H,10-13,15-16H2,1-3H3,(H2,25,27);1H. The zero-order valence-electron chi connectivity index (χ0n) is 18.9. The first-order valence-corrected chi connectivity index (χ1v) is 12.6. The van der Waals surface area contributed by atoms with Crippen LogP contribution in [-0.2, 0) is 26.8 Å². The van der Waals surface area contributed by atoms with E-state index >= 15 is 0 Å². The molecular weight excluding hydrogens is 448 g/mol. The minimum atomic E-state index is -3.07. The van der Waals surface area contributed by atoms with Crippen molar-refractivity contribution in [2.24, 2.45) is 11.1 Å². The fourth-order valence-corrected chi connectivity index (χ4v) is 5.32. The van der Waals surface area contributed by atoms with Gasteiger partial charge in [-0.2, -0.15) is 0 Å². The van der Waals surface area contributed by atoms with Crippen LogP contribution >= 0.6 is 12.4 Å². The lowest BCUT2D eigenvalue weighted by molar-refractivity contribution is -0.129. The van der Waals surface area contributed by atoms with Crippen molar-refractivity contribution in [3.8, 4) is 16.9 Å². The first-order valence-electron chi connectivity index (χ1n) is 10.6. The molecule has 1 fully saturated rings. The van der Waals surface area contributed by atoms with E-state index in [9.17, 15) is 13.2 Å². The van der Waals surface area contributed by atoms with Gasteiger partial charge in [-0.25, -0.2) is 8.42 Å². The van der Waals surface area contributed by atoms with Crippen LogP contribution in [0.2, 0.25) is 0 Å².